The van der Waals surface area contributed by atoms with Crippen LogP contribution in [0.25, 0.3) is 11.4 Å². The quantitative estimate of drug-likeness (QED) is 0.322. The predicted molar refractivity (Wildman–Crippen MR) is 125 cm³/mol. The van der Waals surface area contributed by atoms with Crippen LogP contribution in [0.4, 0.5) is 0 Å². The van der Waals surface area contributed by atoms with E-state index in [2.05, 4.69) is 65.8 Å². The van der Waals surface area contributed by atoms with Crippen molar-refractivity contribution in [3.8, 4) is 11.4 Å². The third-order valence-electron chi connectivity index (χ3n) is 4.65. The van der Waals surface area contributed by atoms with Crippen LogP contribution in [0.2, 0.25) is 0 Å². The van der Waals surface area contributed by atoms with Gasteiger partial charge in [-0.2, -0.15) is 5.10 Å². The number of hydrogen-bond donors (Lipinski definition) is 1. The van der Waals surface area contributed by atoms with Gasteiger partial charge < -0.3 is 4.57 Å². The van der Waals surface area contributed by atoms with Crippen molar-refractivity contribution in [2.24, 2.45) is 5.10 Å². The highest BCUT2D eigenvalue weighted by molar-refractivity contribution is 7.99. The van der Waals surface area contributed by atoms with Crippen LogP contribution in [-0.4, -0.2) is 32.6 Å². The van der Waals surface area contributed by atoms with E-state index in [0.717, 1.165) is 33.5 Å². The lowest BCUT2D eigenvalue weighted by Crippen LogP contribution is -2.20. The molecule has 158 valence electrons. The number of nitrogens with zero attached hydrogens (tertiary/aromatic N) is 4. The number of benzene rings is 1. The summed E-state index contributed by atoms with van der Waals surface area (Å²) >= 11 is 2.95. The summed E-state index contributed by atoms with van der Waals surface area (Å²) in [6.07, 6.45) is 1.68. The van der Waals surface area contributed by atoms with Crippen molar-refractivity contribution in [1.82, 2.24) is 20.2 Å². The summed E-state index contributed by atoms with van der Waals surface area (Å²) in [4.78, 5) is 13.2. The zero-order valence-corrected chi connectivity index (χ0v) is 19.6. The third kappa shape index (κ3) is 5.37. The molecular weight excluding hydrogens is 414 g/mol. The van der Waals surface area contributed by atoms with E-state index in [1.165, 1.54) is 17.3 Å². The number of aryl methyl sites for hydroxylation is 1. The molecule has 1 aromatic carbocycles. The minimum atomic E-state index is -0.174. The van der Waals surface area contributed by atoms with E-state index in [9.17, 15) is 4.79 Å². The van der Waals surface area contributed by atoms with Crippen LogP contribution in [0.3, 0.4) is 0 Å². The van der Waals surface area contributed by atoms with Gasteiger partial charge in [-0.25, -0.2) is 5.43 Å². The molecule has 0 aliphatic rings. The Morgan fingerprint density at radius 3 is 2.57 bits per heavy atom. The Hall–Kier alpha value is -2.45. The summed E-state index contributed by atoms with van der Waals surface area (Å²) in [6.45, 7) is 11.4. The van der Waals surface area contributed by atoms with Crippen LogP contribution in [0.5, 0.6) is 0 Å². The van der Waals surface area contributed by atoms with Crippen molar-refractivity contribution in [1.29, 1.82) is 0 Å². The molecule has 2 aromatic heterocycles. The average Bonchev–Trinajstić information content (AvgIpc) is 3.31. The standard InChI is InChI=1S/C22H27N5OS2/c1-6-27-20(16-7-9-17(10-8-16)22(3,4)5)25-26-21(27)30-14-19(28)24-23-13-18-15(2)11-12-29-18/h7-13H,6,14H2,1-5H3,(H,24,28). The van der Waals surface area contributed by atoms with Gasteiger partial charge >= 0.3 is 0 Å². The van der Waals surface area contributed by atoms with Crippen LogP contribution in [-0.2, 0) is 16.8 Å². The first-order valence-electron chi connectivity index (χ1n) is 9.82. The SMILES string of the molecule is CCn1c(SCC(=O)NN=Cc2sccc2C)nnc1-c1ccc(C(C)(C)C)cc1. The number of aromatic nitrogens is 3. The van der Waals surface area contributed by atoms with E-state index < -0.39 is 0 Å². The van der Waals surface area contributed by atoms with E-state index in [-0.39, 0.29) is 17.1 Å². The lowest BCUT2D eigenvalue weighted by atomic mass is 9.87. The van der Waals surface area contributed by atoms with Crippen molar-refractivity contribution in [3.63, 3.8) is 0 Å². The maximum atomic E-state index is 12.1. The van der Waals surface area contributed by atoms with Crippen molar-refractivity contribution in [2.75, 3.05) is 5.75 Å². The molecule has 3 rings (SSSR count). The number of carbonyl (C=O) groups excluding carboxylic acids is 1. The third-order valence-corrected chi connectivity index (χ3v) is 6.57. The summed E-state index contributed by atoms with van der Waals surface area (Å²) < 4.78 is 2.03. The molecule has 2 heterocycles. The molecular formula is C22H27N5OS2. The van der Waals surface area contributed by atoms with Crippen LogP contribution in [0, 0.1) is 6.92 Å². The van der Waals surface area contributed by atoms with Crippen LogP contribution < -0.4 is 5.43 Å². The number of thiophene rings is 1. The maximum absolute atomic E-state index is 12.1. The molecule has 0 unspecified atom stereocenters. The maximum Gasteiger partial charge on any atom is 0.250 e. The smallest absolute Gasteiger partial charge is 0.250 e. The number of thioether (sulfide) groups is 1. The van der Waals surface area contributed by atoms with Crippen LogP contribution in [0.1, 0.15) is 43.7 Å². The molecule has 0 radical (unpaired) electrons. The summed E-state index contributed by atoms with van der Waals surface area (Å²) in [7, 11) is 0. The zero-order chi connectivity index (χ0) is 21.7. The van der Waals surface area contributed by atoms with Gasteiger partial charge in [-0.1, -0.05) is 56.8 Å². The van der Waals surface area contributed by atoms with Crippen molar-refractivity contribution < 1.29 is 4.79 Å². The second-order valence-corrected chi connectivity index (χ2v) is 9.82. The molecule has 1 N–H and O–H groups in total. The molecule has 3 aromatic rings. The first-order valence-corrected chi connectivity index (χ1v) is 11.7. The average molecular weight is 442 g/mol. The van der Waals surface area contributed by atoms with Gasteiger partial charge in [0.05, 0.1) is 12.0 Å². The highest BCUT2D eigenvalue weighted by atomic mass is 32.2. The first kappa shape index (κ1) is 22.2. The minimum absolute atomic E-state index is 0.107. The Kier molecular flexibility index (Phi) is 7.10. The van der Waals surface area contributed by atoms with Gasteiger partial charge in [0.2, 0.25) is 0 Å². The highest BCUT2D eigenvalue weighted by Gasteiger charge is 2.17. The Morgan fingerprint density at radius 1 is 1.23 bits per heavy atom. The van der Waals surface area contributed by atoms with E-state index in [1.807, 2.05) is 29.9 Å². The van der Waals surface area contributed by atoms with Gasteiger partial charge in [-0.3, -0.25) is 4.79 Å². The lowest BCUT2D eigenvalue weighted by molar-refractivity contribution is -0.118. The van der Waals surface area contributed by atoms with Gasteiger partial charge in [0.1, 0.15) is 0 Å². The zero-order valence-electron chi connectivity index (χ0n) is 18.0. The number of nitrogens with one attached hydrogen (secondary N) is 1. The van der Waals surface area contributed by atoms with Crippen molar-refractivity contribution >= 4 is 35.2 Å². The lowest BCUT2D eigenvalue weighted by Gasteiger charge is -2.19. The summed E-state index contributed by atoms with van der Waals surface area (Å²) in [6, 6.07) is 10.5. The monoisotopic (exact) mass is 441 g/mol. The molecule has 0 aliphatic carbocycles. The van der Waals surface area contributed by atoms with Crippen molar-refractivity contribution in [2.45, 2.75) is 51.7 Å². The Morgan fingerprint density at radius 2 is 1.97 bits per heavy atom. The fourth-order valence-corrected chi connectivity index (χ4v) is 4.44. The van der Waals surface area contributed by atoms with Crippen molar-refractivity contribution in [3.05, 3.63) is 51.7 Å². The second-order valence-electron chi connectivity index (χ2n) is 7.93. The van der Waals surface area contributed by atoms with E-state index >= 15 is 0 Å². The second kappa shape index (κ2) is 9.57. The molecule has 0 bridgehead atoms. The van der Waals surface area contributed by atoms with Crippen LogP contribution >= 0.6 is 23.1 Å². The molecule has 1 amide bonds. The topological polar surface area (TPSA) is 72.2 Å². The molecule has 6 nitrogen and oxygen atoms in total. The van der Waals surface area contributed by atoms with Gasteiger partial charge in [0.25, 0.3) is 5.91 Å². The molecule has 0 fully saturated rings. The van der Waals surface area contributed by atoms with Gasteiger partial charge in [0, 0.05) is 17.0 Å². The van der Waals surface area contributed by atoms with E-state index in [1.54, 1.807) is 17.6 Å². The molecule has 30 heavy (non-hydrogen) atoms. The largest absolute Gasteiger partial charge is 0.302 e. The molecule has 0 saturated heterocycles. The Balaban J connectivity index is 1.63. The highest BCUT2D eigenvalue weighted by Crippen LogP contribution is 2.27. The summed E-state index contributed by atoms with van der Waals surface area (Å²) in [5.74, 6) is 0.862. The first-order chi connectivity index (χ1) is 14.3. The normalized spacial score (nSPS) is 11.9. The fourth-order valence-electron chi connectivity index (χ4n) is 2.86. The molecule has 0 atom stereocenters. The fraction of sp³-hybridized carbons (Fsp3) is 0.364. The summed E-state index contributed by atoms with van der Waals surface area (Å²) in [5, 5.41) is 15.4. The van der Waals surface area contributed by atoms with E-state index in [0.29, 0.717) is 0 Å². The van der Waals surface area contributed by atoms with Gasteiger partial charge in [0.15, 0.2) is 11.0 Å². The number of hydrazone groups is 1. The minimum Gasteiger partial charge on any atom is -0.302 e. The van der Waals surface area contributed by atoms with Crippen LogP contribution in [0.15, 0.2) is 46.0 Å². The van der Waals surface area contributed by atoms with Gasteiger partial charge in [-0.15, -0.1) is 21.5 Å². The Labute approximate surface area is 185 Å². The number of rotatable bonds is 7. The molecule has 0 spiro atoms. The Bertz CT molecular complexity index is 1030. The number of amides is 1. The molecule has 0 saturated carbocycles. The predicted octanol–water partition coefficient (Wildman–Crippen LogP) is 4.87. The van der Waals surface area contributed by atoms with E-state index in [4.69, 9.17) is 0 Å². The number of carbonyl (C=O) groups is 1. The number of hydrogen-bond acceptors (Lipinski definition) is 6. The summed E-state index contributed by atoms with van der Waals surface area (Å²) in [5.41, 5.74) is 6.12. The molecule has 8 heteroatoms. The molecule has 0 aliphatic heterocycles. The van der Waals surface area contributed by atoms with Gasteiger partial charge in [-0.05, 0) is 41.8 Å².